The van der Waals surface area contributed by atoms with Crippen LogP contribution in [0, 0.1) is 0 Å². The lowest BCUT2D eigenvalue weighted by Crippen LogP contribution is -2.40. The van der Waals surface area contributed by atoms with Crippen molar-refractivity contribution in [3.63, 3.8) is 0 Å². The van der Waals surface area contributed by atoms with E-state index in [1.807, 2.05) is 0 Å². The maximum atomic E-state index is 12.7. The molecule has 2 unspecified atom stereocenters. The Kier molecular flexibility index (Phi) is 39.4. The summed E-state index contributed by atoms with van der Waals surface area (Å²) < 4.78 is 5.92. The second kappa shape index (κ2) is 41.0. The topological polar surface area (TPSA) is 119 Å². The summed E-state index contributed by atoms with van der Waals surface area (Å²) in [6, 6.07) is -0.872. The SMILES string of the molecule is CCCCCC/C=C\C/C=C\C(CCCCCCC(=O)NC(CCCN)C(=O)O)OC(=O)CCCCCCCCCCCCCCCCCCCCC. The second-order valence-corrected chi connectivity index (χ2v) is 15.5. The Bertz CT molecular complexity index is 889. The number of carbonyl (C=O) groups excluding carboxylic acids is 2. The number of nitrogens with two attached hydrogens (primary N) is 1. The van der Waals surface area contributed by atoms with E-state index in [-0.39, 0.29) is 18.0 Å². The fraction of sp³-hybridized carbons (Fsp3) is 0.848. The molecule has 2 atom stereocenters. The minimum atomic E-state index is -1.02. The fourth-order valence-electron chi connectivity index (χ4n) is 6.81. The molecule has 7 heteroatoms. The van der Waals surface area contributed by atoms with Gasteiger partial charge >= 0.3 is 11.9 Å². The van der Waals surface area contributed by atoms with Gasteiger partial charge in [0.1, 0.15) is 12.1 Å². The molecule has 0 fully saturated rings. The number of ether oxygens (including phenoxy) is 1. The van der Waals surface area contributed by atoms with Gasteiger partial charge < -0.3 is 20.9 Å². The molecule has 0 aliphatic rings. The van der Waals surface area contributed by atoms with Gasteiger partial charge in [0, 0.05) is 12.8 Å². The van der Waals surface area contributed by atoms with Crippen molar-refractivity contribution in [1.29, 1.82) is 0 Å². The van der Waals surface area contributed by atoms with Crippen molar-refractivity contribution in [2.24, 2.45) is 5.73 Å². The molecule has 310 valence electrons. The monoisotopic (exact) mass is 747 g/mol. The molecule has 0 saturated heterocycles. The first-order chi connectivity index (χ1) is 25.9. The molecule has 0 rings (SSSR count). The third kappa shape index (κ3) is 37.9. The third-order valence-electron chi connectivity index (χ3n) is 10.3. The van der Waals surface area contributed by atoms with Gasteiger partial charge in [0.05, 0.1) is 0 Å². The molecule has 0 aromatic rings. The van der Waals surface area contributed by atoms with Crippen molar-refractivity contribution in [1.82, 2.24) is 5.32 Å². The summed E-state index contributed by atoms with van der Waals surface area (Å²) in [5.41, 5.74) is 5.48. The molecule has 4 N–H and O–H groups in total. The average Bonchev–Trinajstić information content (AvgIpc) is 3.14. The van der Waals surface area contributed by atoms with E-state index in [1.165, 1.54) is 135 Å². The van der Waals surface area contributed by atoms with E-state index in [2.05, 4.69) is 43.5 Å². The molecule has 53 heavy (non-hydrogen) atoms. The van der Waals surface area contributed by atoms with Gasteiger partial charge in [-0.2, -0.15) is 0 Å². The lowest BCUT2D eigenvalue weighted by Gasteiger charge is -2.15. The third-order valence-corrected chi connectivity index (χ3v) is 10.3. The van der Waals surface area contributed by atoms with Crippen LogP contribution < -0.4 is 11.1 Å². The molecular weight excluding hydrogens is 661 g/mol. The smallest absolute Gasteiger partial charge is 0.326 e. The first-order valence-corrected chi connectivity index (χ1v) is 22.7. The van der Waals surface area contributed by atoms with Gasteiger partial charge in [0.2, 0.25) is 5.91 Å². The highest BCUT2D eigenvalue weighted by Gasteiger charge is 2.19. The van der Waals surface area contributed by atoms with Crippen LogP contribution in [0.15, 0.2) is 24.3 Å². The predicted molar refractivity (Wildman–Crippen MR) is 225 cm³/mol. The number of carboxylic acid groups (broad SMARTS) is 1. The number of carboxylic acids is 1. The number of unbranched alkanes of at least 4 members (excludes halogenated alkanes) is 25. The number of rotatable bonds is 41. The number of aliphatic carboxylic acids is 1. The lowest BCUT2D eigenvalue weighted by molar-refractivity contribution is -0.147. The molecule has 7 nitrogen and oxygen atoms in total. The number of hydrogen-bond acceptors (Lipinski definition) is 5. The first kappa shape index (κ1) is 50.9. The number of amides is 1. The van der Waals surface area contributed by atoms with Gasteiger partial charge in [0.15, 0.2) is 0 Å². The van der Waals surface area contributed by atoms with Crippen molar-refractivity contribution < 1.29 is 24.2 Å². The summed E-state index contributed by atoms with van der Waals surface area (Å²) in [6.07, 6.45) is 46.8. The number of allylic oxidation sites excluding steroid dienone is 3. The van der Waals surface area contributed by atoms with E-state index >= 15 is 0 Å². The molecule has 0 bridgehead atoms. The molecule has 0 aliphatic heterocycles. The predicted octanol–water partition coefficient (Wildman–Crippen LogP) is 12.8. The minimum absolute atomic E-state index is 0.0996. The lowest BCUT2D eigenvalue weighted by atomic mass is 10.0. The number of hydrogen-bond donors (Lipinski definition) is 3. The zero-order chi connectivity index (χ0) is 38.9. The Morgan fingerprint density at radius 3 is 1.55 bits per heavy atom. The van der Waals surface area contributed by atoms with Gasteiger partial charge in [-0.15, -0.1) is 0 Å². The molecule has 0 heterocycles. The summed E-state index contributed by atoms with van der Waals surface area (Å²) >= 11 is 0. The van der Waals surface area contributed by atoms with Crippen LogP contribution in [0.25, 0.3) is 0 Å². The van der Waals surface area contributed by atoms with Crippen LogP contribution in [-0.2, 0) is 19.1 Å². The summed E-state index contributed by atoms with van der Waals surface area (Å²) in [6.45, 7) is 4.92. The van der Waals surface area contributed by atoms with E-state index in [0.717, 1.165) is 51.4 Å². The van der Waals surface area contributed by atoms with Crippen LogP contribution in [0.4, 0.5) is 0 Å². The van der Waals surface area contributed by atoms with Crippen molar-refractivity contribution >= 4 is 17.8 Å². The van der Waals surface area contributed by atoms with Gasteiger partial charge in [-0.3, -0.25) is 9.59 Å². The van der Waals surface area contributed by atoms with E-state index in [9.17, 15) is 19.5 Å². The van der Waals surface area contributed by atoms with E-state index in [0.29, 0.717) is 38.6 Å². The first-order valence-electron chi connectivity index (χ1n) is 22.7. The number of carbonyl (C=O) groups is 3. The summed E-state index contributed by atoms with van der Waals surface area (Å²) in [5, 5.41) is 11.9. The number of esters is 1. The van der Waals surface area contributed by atoms with E-state index < -0.39 is 12.0 Å². The standard InChI is InChI=1S/C46H86N2O5/c1-3-5-7-9-11-13-14-15-16-17-18-19-20-21-22-24-26-28-34-40-45(50)53-42(36-31-27-25-23-12-10-8-6-4-2)37-32-29-30-33-39-44(49)48-43(46(51)52)38-35-41-47/h23,25,31,36,42-43H,3-22,24,26-30,32-35,37-41,47H2,1-2H3,(H,48,49)(H,51,52)/b25-23-,36-31-. The van der Waals surface area contributed by atoms with Gasteiger partial charge in [-0.1, -0.05) is 180 Å². The van der Waals surface area contributed by atoms with Crippen LogP contribution in [-0.4, -0.2) is 41.6 Å². The molecule has 0 aromatic carbocycles. The van der Waals surface area contributed by atoms with Crippen molar-refractivity contribution in [2.45, 2.75) is 244 Å². The highest BCUT2D eigenvalue weighted by molar-refractivity contribution is 5.83. The van der Waals surface area contributed by atoms with Crippen LogP contribution >= 0.6 is 0 Å². The van der Waals surface area contributed by atoms with Crippen LogP contribution in [0.3, 0.4) is 0 Å². The number of nitrogens with one attached hydrogen (secondary N) is 1. The van der Waals surface area contributed by atoms with Gasteiger partial charge in [-0.05, 0) is 70.4 Å². The average molecular weight is 747 g/mol. The Hall–Kier alpha value is -2.15. The summed E-state index contributed by atoms with van der Waals surface area (Å²) in [5.74, 6) is -1.34. The maximum Gasteiger partial charge on any atom is 0.326 e. The van der Waals surface area contributed by atoms with Crippen molar-refractivity contribution in [2.75, 3.05) is 6.54 Å². The second-order valence-electron chi connectivity index (χ2n) is 15.5. The minimum Gasteiger partial charge on any atom is -0.480 e. The largest absolute Gasteiger partial charge is 0.480 e. The zero-order valence-electron chi connectivity index (χ0n) is 34.9. The maximum absolute atomic E-state index is 12.7. The fourth-order valence-corrected chi connectivity index (χ4v) is 6.81. The Morgan fingerprint density at radius 1 is 0.566 bits per heavy atom. The Labute approximate surface area is 327 Å². The highest BCUT2D eigenvalue weighted by atomic mass is 16.5. The molecule has 0 aromatic heterocycles. The van der Waals surface area contributed by atoms with Crippen LogP contribution in [0.2, 0.25) is 0 Å². The van der Waals surface area contributed by atoms with Gasteiger partial charge in [0.25, 0.3) is 0 Å². The van der Waals surface area contributed by atoms with Crippen molar-refractivity contribution in [3.05, 3.63) is 24.3 Å². The van der Waals surface area contributed by atoms with Crippen LogP contribution in [0.1, 0.15) is 232 Å². The normalized spacial score (nSPS) is 12.8. The van der Waals surface area contributed by atoms with Crippen molar-refractivity contribution in [3.8, 4) is 0 Å². The van der Waals surface area contributed by atoms with E-state index in [4.69, 9.17) is 10.5 Å². The molecule has 0 radical (unpaired) electrons. The molecule has 0 saturated carbocycles. The van der Waals surface area contributed by atoms with Crippen LogP contribution in [0.5, 0.6) is 0 Å². The van der Waals surface area contributed by atoms with Gasteiger partial charge in [-0.25, -0.2) is 4.79 Å². The Morgan fingerprint density at radius 2 is 1.04 bits per heavy atom. The zero-order valence-corrected chi connectivity index (χ0v) is 34.9. The molecular formula is C46H86N2O5. The Balaban J connectivity index is 4.21. The highest BCUT2D eigenvalue weighted by Crippen LogP contribution is 2.17. The quantitative estimate of drug-likeness (QED) is 0.0325. The molecule has 0 spiro atoms. The molecule has 0 aliphatic carbocycles. The van der Waals surface area contributed by atoms with E-state index in [1.54, 1.807) is 0 Å². The summed E-state index contributed by atoms with van der Waals surface area (Å²) in [7, 11) is 0. The molecule has 1 amide bonds. The summed E-state index contributed by atoms with van der Waals surface area (Å²) in [4.78, 5) is 36.4.